The molecule has 6 aromatic carbocycles. The Morgan fingerprint density at radius 3 is 1.90 bits per heavy atom. The van der Waals surface area contributed by atoms with Crippen molar-refractivity contribution < 1.29 is 43.9 Å². The van der Waals surface area contributed by atoms with E-state index in [0.717, 1.165) is 11.1 Å². The van der Waals surface area contributed by atoms with E-state index < -0.39 is 23.5 Å². The monoisotopic (exact) mass is 648 g/mol. The first-order valence-corrected chi connectivity index (χ1v) is 15.4. The van der Waals surface area contributed by atoms with E-state index in [-0.39, 0.29) is 34.3 Å². The summed E-state index contributed by atoms with van der Waals surface area (Å²) in [6.07, 6.45) is 0. The first-order valence-electron chi connectivity index (χ1n) is 15.4. The van der Waals surface area contributed by atoms with E-state index in [9.17, 15) is 24.9 Å². The summed E-state index contributed by atoms with van der Waals surface area (Å²) in [5.74, 6) is -0.0732. The summed E-state index contributed by atoms with van der Waals surface area (Å²) in [7, 11) is 0. The third-order valence-corrected chi connectivity index (χ3v) is 9.21. The van der Waals surface area contributed by atoms with E-state index in [0.29, 0.717) is 45.1 Å². The summed E-state index contributed by atoms with van der Waals surface area (Å²) in [4.78, 5) is 27.1. The van der Waals surface area contributed by atoms with Gasteiger partial charge in [0.15, 0.2) is 5.60 Å². The van der Waals surface area contributed by atoms with Crippen LogP contribution in [-0.4, -0.2) is 27.3 Å². The third-order valence-electron chi connectivity index (χ3n) is 9.21. The zero-order valence-electron chi connectivity index (χ0n) is 25.4. The van der Waals surface area contributed by atoms with Crippen molar-refractivity contribution in [1.82, 2.24) is 0 Å². The van der Waals surface area contributed by atoms with Crippen molar-refractivity contribution in [3.8, 4) is 46.0 Å². The molecule has 0 bridgehead atoms. The van der Waals surface area contributed by atoms with Gasteiger partial charge >= 0.3 is 11.9 Å². The average Bonchev–Trinajstić information content (AvgIpc) is 3.39. The molecule has 0 amide bonds. The summed E-state index contributed by atoms with van der Waals surface area (Å²) in [5.41, 5.74) is 3.15. The first-order chi connectivity index (χ1) is 23.8. The van der Waals surface area contributed by atoms with Crippen LogP contribution in [0.4, 0.5) is 0 Å². The molecule has 1 spiro atoms. The molecule has 3 N–H and O–H groups in total. The Bertz CT molecular complexity index is 2350. The van der Waals surface area contributed by atoms with Gasteiger partial charge in [0, 0.05) is 58.0 Å². The molecule has 0 fully saturated rings. The van der Waals surface area contributed by atoms with Gasteiger partial charge in [-0.3, -0.25) is 0 Å². The van der Waals surface area contributed by atoms with Gasteiger partial charge in [-0.1, -0.05) is 48.5 Å². The van der Waals surface area contributed by atoms with E-state index >= 15 is 0 Å². The minimum atomic E-state index is -1.34. The van der Waals surface area contributed by atoms with E-state index in [1.807, 2.05) is 24.3 Å². The number of benzene rings is 6. The van der Waals surface area contributed by atoms with Gasteiger partial charge in [-0.15, -0.1) is 0 Å². The lowest BCUT2D eigenvalue weighted by Gasteiger charge is -2.36. The number of ether oxygens (including phenoxy) is 4. The highest BCUT2D eigenvalue weighted by Gasteiger charge is 2.53. The molecule has 3 heterocycles. The van der Waals surface area contributed by atoms with Crippen LogP contribution in [0.5, 0.6) is 46.0 Å². The Balaban J connectivity index is 1.12. The van der Waals surface area contributed by atoms with E-state index in [4.69, 9.17) is 18.9 Å². The number of hydrogen-bond donors (Lipinski definition) is 3. The number of rotatable bonds is 3. The van der Waals surface area contributed by atoms with Crippen LogP contribution < -0.4 is 14.2 Å². The van der Waals surface area contributed by atoms with Crippen molar-refractivity contribution >= 4 is 11.9 Å². The highest BCUT2D eigenvalue weighted by atomic mass is 16.6. The lowest BCUT2D eigenvalue weighted by atomic mass is 9.77. The molecule has 0 saturated heterocycles. The van der Waals surface area contributed by atoms with Crippen molar-refractivity contribution in [2.75, 3.05) is 0 Å². The molecule has 0 aliphatic carbocycles. The van der Waals surface area contributed by atoms with Crippen molar-refractivity contribution in [2.45, 2.75) is 11.5 Å². The maximum absolute atomic E-state index is 14.0. The van der Waals surface area contributed by atoms with Crippen molar-refractivity contribution in [3.05, 3.63) is 166 Å². The summed E-state index contributed by atoms with van der Waals surface area (Å²) in [5, 5.41) is 30.7. The van der Waals surface area contributed by atoms with Crippen LogP contribution in [0.15, 0.2) is 121 Å². The standard InChI is InChI=1S/C40H24O9/c41-21-9-13-28-33(17-21)47-34-18-22(42)10-14-29(34)37(28)25-5-1-2-6-26(25)38(44)46-24-12-16-32-36(20-24)48-35-19-23(43)11-15-31(35)40(32)30-8-4-3-7-27(30)39(45)49-40/h1-20,37,41-43H. The van der Waals surface area contributed by atoms with Crippen LogP contribution in [0.1, 0.15) is 60.0 Å². The van der Waals surface area contributed by atoms with Crippen molar-refractivity contribution in [1.29, 1.82) is 0 Å². The van der Waals surface area contributed by atoms with Crippen LogP contribution in [0.2, 0.25) is 0 Å². The van der Waals surface area contributed by atoms with E-state index in [2.05, 4.69) is 0 Å². The van der Waals surface area contributed by atoms with Crippen LogP contribution in [0.3, 0.4) is 0 Å². The summed E-state index contributed by atoms with van der Waals surface area (Å²) in [6.45, 7) is 0. The second kappa shape index (κ2) is 10.4. The normalized spacial score (nSPS) is 16.6. The highest BCUT2D eigenvalue weighted by Crippen LogP contribution is 2.57. The van der Waals surface area contributed by atoms with Gasteiger partial charge in [0.1, 0.15) is 46.0 Å². The van der Waals surface area contributed by atoms with Crippen LogP contribution in [0, 0.1) is 0 Å². The topological polar surface area (TPSA) is 132 Å². The maximum atomic E-state index is 14.0. The molecule has 6 aromatic rings. The first kappa shape index (κ1) is 28.5. The Labute approximate surface area is 278 Å². The Hall–Kier alpha value is -6.74. The predicted octanol–water partition coefficient (Wildman–Crippen LogP) is 7.88. The molecule has 1 atom stereocenters. The number of carbonyl (C=O) groups excluding carboxylic acids is 2. The second-order valence-electron chi connectivity index (χ2n) is 12.0. The lowest BCUT2D eigenvalue weighted by molar-refractivity contribution is 0.0224. The lowest BCUT2D eigenvalue weighted by Crippen LogP contribution is -2.33. The van der Waals surface area contributed by atoms with Crippen LogP contribution >= 0.6 is 0 Å². The molecule has 3 aliphatic heterocycles. The van der Waals surface area contributed by atoms with Gasteiger partial charge in [-0.25, -0.2) is 9.59 Å². The molecule has 9 rings (SSSR count). The van der Waals surface area contributed by atoms with E-state index in [1.165, 1.54) is 24.3 Å². The largest absolute Gasteiger partial charge is 0.508 e. The SMILES string of the molecule is O=C(Oc1ccc2c(c1)Oc1cc(O)ccc1C21OC(=O)c2ccccc21)c1ccccc1C1c2ccc(O)cc2Oc2cc(O)ccc21. The quantitative estimate of drug-likeness (QED) is 0.129. The fraction of sp³-hybridized carbons (Fsp3) is 0.0500. The third kappa shape index (κ3) is 4.25. The minimum Gasteiger partial charge on any atom is -0.508 e. The zero-order valence-corrected chi connectivity index (χ0v) is 25.4. The zero-order chi connectivity index (χ0) is 33.4. The van der Waals surface area contributed by atoms with Gasteiger partial charge < -0.3 is 34.3 Å². The molecular weight excluding hydrogens is 624 g/mol. The number of fused-ring (bicyclic) bond motifs is 8. The minimum absolute atomic E-state index is 0.0129. The molecule has 0 saturated carbocycles. The molecule has 1 unspecified atom stereocenters. The van der Waals surface area contributed by atoms with E-state index in [1.54, 1.807) is 72.8 Å². The van der Waals surface area contributed by atoms with Crippen molar-refractivity contribution in [2.24, 2.45) is 0 Å². The molecule has 49 heavy (non-hydrogen) atoms. The molecule has 238 valence electrons. The number of aromatic hydroxyl groups is 3. The van der Waals surface area contributed by atoms with Gasteiger partial charge in [0.05, 0.1) is 11.1 Å². The number of esters is 2. The summed E-state index contributed by atoms with van der Waals surface area (Å²) in [6, 6.07) is 33.3. The number of phenols is 3. The smallest absolute Gasteiger partial charge is 0.343 e. The fourth-order valence-corrected chi connectivity index (χ4v) is 7.13. The Morgan fingerprint density at radius 1 is 0.592 bits per heavy atom. The van der Waals surface area contributed by atoms with Gasteiger partial charge in [0.2, 0.25) is 0 Å². The maximum Gasteiger partial charge on any atom is 0.343 e. The molecule has 0 radical (unpaired) electrons. The molecule has 9 heteroatoms. The highest BCUT2D eigenvalue weighted by molar-refractivity contribution is 5.97. The Kier molecular flexibility index (Phi) is 6.03. The molecule has 0 aromatic heterocycles. The Morgan fingerprint density at radius 2 is 1.16 bits per heavy atom. The van der Waals surface area contributed by atoms with Gasteiger partial charge in [0.25, 0.3) is 0 Å². The average molecular weight is 649 g/mol. The molecule has 3 aliphatic rings. The number of carbonyl (C=O) groups is 2. The second-order valence-corrected chi connectivity index (χ2v) is 12.0. The van der Waals surface area contributed by atoms with Crippen LogP contribution in [-0.2, 0) is 10.3 Å². The molecule has 9 nitrogen and oxygen atoms in total. The molecular formula is C40H24O9. The fourth-order valence-electron chi connectivity index (χ4n) is 7.13. The summed E-state index contributed by atoms with van der Waals surface area (Å²) >= 11 is 0. The number of phenolic OH excluding ortho intramolecular Hbond substituents is 3. The van der Waals surface area contributed by atoms with Crippen molar-refractivity contribution in [3.63, 3.8) is 0 Å². The predicted molar refractivity (Wildman–Crippen MR) is 175 cm³/mol. The van der Waals surface area contributed by atoms with Crippen LogP contribution in [0.25, 0.3) is 0 Å². The van der Waals surface area contributed by atoms with Gasteiger partial charge in [-0.05, 0) is 54.1 Å². The van der Waals surface area contributed by atoms with Gasteiger partial charge in [-0.2, -0.15) is 0 Å². The number of hydrogen-bond acceptors (Lipinski definition) is 9. The summed E-state index contributed by atoms with van der Waals surface area (Å²) < 4.78 is 24.4.